The first-order valence-electron chi connectivity index (χ1n) is 15.5. The largest absolute Gasteiger partial charge is 0.370 e. The summed E-state index contributed by atoms with van der Waals surface area (Å²) in [6, 6.07) is 0. The second-order valence-corrected chi connectivity index (χ2v) is 15.9. The Balaban J connectivity index is 2.61. The predicted octanol–water partition coefficient (Wildman–Crippen LogP) is 10.1. The highest BCUT2D eigenvalue weighted by atomic mass is 33.1. The SMILES string of the molecule is CCCCC1(C)CCC(SSCCNC(=N)N)C/C1=C/CC(C)[C@@H](C)CCC(C)C(C)CCCC(C)C. The molecular formula is C32H63N3S2. The third kappa shape index (κ3) is 14.6. The molecule has 5 unspecified atom stereocenters. The summed E-state index contributed by atoms with van der Waals surface area (Å²) in [5, 5.41) is 10.9. The minimum absolute atomic E-state index is 0.0779. The number of allylic oxidation sites excluding steroid dienone is 2. The van der Waals surface area contributed by atoms with Crippen molar-refractivity contribution in [2.45, 2.75) is 138 Å². The van der Waals surface area contributed by atoms with Crippen LogP contribution in [0.4, 0.5) is 0 Å². The second-order valence-electron chi connectivity index (χ2n) is 13.1. The molecule has 1 rings (SSSR count). The van der Waals surface area contributed by atoms with Crippen molar-refractivity contribution in [3.8, 4) is 0 Å². The molecule has 4 N–H and O–H groups in total. The molecule has 0 heterocycles. The molecule has 1 fully saturated rings. The summed E-state index contributed by atoms with van der Waals surface area (Å²) in [4.78, 5) is 0. The molecule has 0 radical (unpaired) electrons. The van der Waals surface area contributed by atoms with Crippen molar-refractivity contribution in [2.75, 3.05) is 12.3 Å². The van der Waals surface area contributed by atoms with E-state index in [1.54, 1.807) is 5.57 Å². The van der Waals surface area contributed by atoms with Gasteiger partial charge in [-0.15, -0.1) is 0 Å². The Kier molecular flexibility index (Phi) is 17.7. The first-order valence-corrected chi connectivity index (χ1v) is 17.9. The van der Waals surface area contributed by atoms with Crippen LogP contribution in [0.2, 0.25) is 0 Å². The van der Waals surface area contributed by atoms with E-state index in [-0.39, 0.29) is 5.96 Å². The first kappa shape index (κ1) is 34.7. The molecule has 1 aliphatic rings. The van der Waals surface area contributed by atoms with Gasteiger partial charge in [0.25, 0.3) is 0 Å². The number of guanidine groups is 1. The highest BCUT2D eigenvalue weighted by molar-refractivity contribution is 8.76. The molecule has 0 bridgehead atoms. The number of rotatable bonds is 19. The van der Waals surface area contributed by atoms with Crippen LogP contribution in [0, 0.1) is 40.4 Å². The van der Waals surface area contributed by atoms with Gasteiger partial charge in [-0.25, -0.2) is 0 Å². The van der Waals surface area contributed by atoms with Crippen LogP contribution < -0.4 is 11.1 Å². The molecule has 0 amide bonds. The monoisotopic (exact) mass is 553 g/mol. The van der Waals surface area contributed by atoms with E-state index in [2.05, 4.69) is 77.6 Å². The number of hydrogen-bond donors (Lipinski definition) is 3. The van der Waals surface area contributed by atoms with Crippen molar-refractivity contribution >= 4 is 27.5 Å². The zero-order valence-corrected chi connectivity index (χ0v) is 27.5. The molecule has 0 aromatic carbocycles. The second kappa shape index (κ2) is 18.9. The maximum Gasteiger partial charge on any atom is 0.185 e. The molecule has 6 atom stereocenters. The molecule has 0 aromatic heterocycles. The Morgan fingerprint density at radius 2 is 1.68 bits per heavy atom. The zero-order valence-electron chi connectivity index (χ0n) is 25.8. The summed E-state index contributed by atoms with van der Waals surface area (Å²) in [7, 11) is 4.01. The number of nitrogens with two attached hydrogens (primary N) is 1. The van der Waals surface area contributed by atoms with E-state index in [9.17, 15) is 0 Å². The van der Waals surface area contributed by atoms with Gasteiger partial charge in [-0.1, -0.05) is 134 Å². The van der Waals surface area contributed by atoms with E-state index < -0.39 is 0 Å². The van der Waals surface area contributed by atoms with Crippen LogP contribution in [0.1, 0.15) is 132 Å². The summed E-state index contributed by atoms with van der Waals surface area (Å²) in [6.45, 7) is 20.3. The fourth-order valence-electron chi connectivity index (χ4n) is 5.66. The molecule has 0 aliphatic heterocycles. The topological polar surface area (TPSA) is 61.9 Å². The maximum absolute atomic E-state index is 7.31. The van der Waals surface area contributed by atoms with E-state index in [1.807, 2.05) is 10.8 Å². The van der Waals surface area contributed by atoms with Gasteiger partial charge in [-0.05, 0) is 67.1 Å². The van der Waals surface area contributed by atoms with Crippen molar-refractivity contribution in [3.63, 3.8) is 0 Å². The van der Waals surface area contributed by atoms with Crippen LogP contribution in [0.3, 0.4) is 0 Å². The van der Waals surface area contributed by atoms with E-state index in [4.69, 9.17) is 11.1 Å². The maximum atomic E-state index is 7.31. The minimum Gasteiger partial charge on any atom is -0.370 e. The van der Waals surface area contributed by atoms with Crippen LogP contribution in [-0.4, -0.2) is 23.5 Å². The lowest BCUT2D eigenvalue weighted by Gasteiger charge is -2.40. The Bertz CT molecular complexity index is 650. The number of unbranched alkanes of at least 4 members (excludes halogenated alkanes) is 1. The Labute approximate surface area is 240 Å². The molecule has 0 aromatic rings. The predicted molar refractivity (Wildman–Crippen MR) is 173 cm³/mol. The fraction of sp³-hybridized carbons (Fsp3) is 0.906. The molecule has 1 aliphatic carbocycles. The lowest BCUT2D eigenvalue weighted by Crippen LogP contribution is -2.32. The summed E-state index contributed by atoms with van der Waals surface area (Å²) >= 11 is 0. The van der Waals surface area contributed by atoms with Gasteiger partial charge in [0.1, 0.15) is 0 Å². The van der Waals surface area contributed by atoms with Gasteiger partial charge in [-0.2, -0.15) is 0 Å². The summed E-state index contributed by atoms with van der Waals surface area (Å²) in [6.07, 6.45) is 18.7. The van der Waals surface area contributed by atoms with Crippen molar-refractivity contribution in [3.05, 3.63) is 11.6 Å². The minimum atomic E-state index is 0.0779. The van der Waals surface area contributed by atoms with Gasteiger partial charge in [0.05, 0.1) is 0 Å². The van der Waals surface area contributed by atoms with Gasteiger partial charge in [0, 0.05) is 17.5 Å². The van der Waals surface area contributed by atoms with Gasteiger partial charge >= 0.3 is 0 Å². The van der Waals surface area contributed by atoms with Gasteiger partial charge in [-0.3, -0.25) is 5.41 Å². The Morgan fingerprint density at radius 1 is 1.03 bits per heavy atom. The van der Waals surface area contributed by atoms with Crippen LogP contribution in [-0.2, 0) is 0 Å². The van der Waals surface area contributed by atoms with E-state index in [0.29, 0.717) is 10.7 Å². The molecule has 37 heavy (non-hydrogen) atoms. The van der Waals surface area contributed by atoms with E-state index in [0.717, 1.165) is 41.9 Å². The lowest BCUT2D eigenvalue weighted by molar-refractivity contribution is 0.268. The highest BCUT2D eigenvalue weighted by Gasteiger charge is 2.35. The molecular weight excluding hydrogens is 491 g/mol. The van der Waals surface area contributed by atoms with Crippen LogP contribution in [0.25, 0.3) is 0 Å². The Hall–Kier alpha value is -0.290. The van der Waals surface area contributed by atoms with Crippen molar-refractivity contribution in [2.24, 2.45) is 40.7 Å². The third-order valence-corrected chi connectivity index (χ3v) is 12.1. The van der Waals surface area contributed by atoms with E-state index >= 15 is 0 Å². The standard InChI is InChI=1S/C32H63N3S2/c1-9-10-19-32(8)20-18-30(37-36-22-21-35-31(33)34)23-29(32)17-16-28(7)27(6)15-14-26(5)25(4)13-11-12-24(2)3/h17,24-28,30H,9-16,18-23H2,1-8H3,(H4,33,34,35)/b29-17-/t25?,26?,27-,28?,30?,32?/m0/s1. The summed E-state index contributed by atoms with van der Waals surface area (Å²) in [5.74, 6) is 5.17. The average Bonchev–Trinajstić information content (AvgIpc) is 2.85. The molecule has 1 saturated carbocycles. The first-order chi connectivity index (χ1) is 17.5. The molecule has 0 saturated heterocycles. The van der Waals surface area contributed by atoms with Gasteiger partial charge in [0.2, 0.25) is 0 Å². The number of hydrogen-bond acceptors (Lipinski definition) is 3. The van der Waals surface area contributed by atoms with Crippen molar-refractivity contribution in [1.29, 1.82) is 5.41 Å². The van der Waals surface area contributed by atoms with E-state index in [1.165, 1.54) is 77.0 Å². The van der Waals surface area contributed by atoms with Gasteiger partial charge < -0.3 is 11.1 Å². The van der Waals surface area contributed by atoms with Crippen LogP contribution >= 0.6 is 21.6 Å². The van der Waals surface area contributed by atoms with Crippen LogP contribution in [0.15, 0.2) is 11.6 Å². The molecule has 5 heteroatoms. The third-order valence-electron chi connectivity index (χ3n) is 9.23. The van der Waals surface area contributed by atoms with Crippen molar-refractivity contribution < 1.29 is 0 Å². The average molecular weight is 554 g/mol. The Morgan fingerprint density at radius 3 is 2.30 bits per heavy atom. The molecule has 0 spiro atoms. The highest BCUT2D eigenvalue weighted by Crippen LogP contribution is 2.49. The number of nitrogens with one attached hydrogen (secondary N) is 2. The summed E-state index contributed by atoms with van der Waals surface area (Å²) in [5.41, 5.74) is 7.55. The quantitative estimate of drug-likeness (QED) is 0.0489. The van der Waals surface area contributed by atoms with Gasteiger partial charge in [0.15, 0.2) is 5.96 Å². The lowest BCUT2D eigenvalue weighted by atomic mass is 9.68. The van der Waals surface area contributed by atoms with Crippen molar-refractivity contribution in [1.82, 2.24) is 5.32 Å². The normalized spacial score (nSPS) is 24.7. The van der Waals surface area contributed by atoms with Crippen LogP contribution in [0.5, 0.6) is 0 Å². The molecule has 218 valence electrons. The summed E-state index contributed by atoms with van der Waals surface area (Å²) < 4.78 is 0. The zero-order chi connectivity index (χ0) is 27.8. The fourth-order valence-corrected chi connectivity index (χ4v) is 8.20. The molecule has 3 nitrogen and oxygen atoms in total. The smallest absolute Gasteiger partial charge is 0.185 e.